The Morgan fingerprint density at radius 3 is 2.31 bits per heavy atom. The maximum Gasteiger partial charge on any atom is 0.457 e. The summed E-state index contributed by atoms with van der Waals surface area (Å²) in [5, 5.41) is 0. The molecule has 5 nitrogen and oxygen atoms in total. The van der Waals surface area contributed by atoms with Gasteiger partial charge in [-0.25, -0.2) is 4.98 Å². The molecule has 2 aliphatic heterocycles. The number of piperidine rings is 1. The van der Waals surface area contributed by atoms with Gasteiger partial charge >= 0.3 is 7.12 Å². The standard InChI is InChI=1S/C32H52BFN2O3/c1-29(2,3)22-26(37)32(8,18-9-10-19-33-38-30(4,5)31(6,7)39-33)24-16-20-36(21-17-24)25-13-11-12-23-14-15-27(34)35-28(23)25/h14-15,24-25H,9-13,16-22H2,1-8H3. The summed E-state index contributed by atoms with van der Waals surface area (Å²) >= 11 is 0. The van der Waals surface area contributed by atoms with Crippen LogP contribution in [0.25, 0.3) is 0 Å². The zero-order valence-corrected chi connectivity index (χ0v) is 25.9. The highest BCUT2D eigenvalue weighted by molar-refractivity contribution is 6.45. The molecule has 0 bridgehead atoms. The van der Waals surface area contributed by atoms with E-state index in [0.717, 1.165) is 76.5 Å². The Bertz CT molecular complexity index is 999. The fourth-order valence-electron chi connectivity index (χ4n) is 6.95. The van der Waals surface area contributed by atoms with Crippen molar-refractivity contribution >= 4 is 12.9 Å². The molecule has 1 aromatic heterocycles. The summed E-state index contributed by atoms with van der Waals surface area (Å²) in [5.74, 6) is 0.399. The zero-order chi connectivity index (χ0) is 28.6. The number of carbonyl (C=O) groups is 1. The number of Topliss-reactive ketones (excluding diaryl/α,β-unsaturated/α-hetero) is 1. The van der Waals surface area contributed by atoms with Gasteiger partial charge in [0.05, 0.1) is 22.9 Å². The predicted molar refractivity (Wildman–Crippen MR) is 156 cm³/mol. The molecule has 0 aromatic carbocycles. The molecule has 2 unspecified atom stereocenters. The van der Waals surface area contributed by atoms with Crippen LogP contribution in [0.1, 0.15) is 124 Å². The average molecular weight is 543 g/mol. The molecule has 0 saturated carbocycles. The minimum absolute atomic E-state index is 0.0245. The number of ketones is 1. The Hall–Kier alpha value is -1.31. The van der Waals surface area contributed by atoms with E-state index in [2.05, 4.69) is 65.3 Å². The Balaban J connectivity index is 1.39. The number of pyridine rings is 1. The van der Waals surface area contributed by atoms with Crippen LogP contribution >= 0.6 is 0 Å². The number of hydrogen-bond acceptors (Lipinski definition) is 5. The third kappa shape index (κ3) is 6.95. The van der Waals surface area contributed by atoms with Gasteiger partial charge in [0.15, 0.2) is 0 Å². The number of carbonyl (C=O) groups excluding carboxylic acids is 1. The van der Waals surface area contributed by atoms with E-state index in [1.165, 1.54) is 11.6 Å². The second-order valence-electron chi connectivity index (χ2n) is 14.9. The van der Waals surface area contributed by atoms with Gasteiger partial charge in [0.1, 0.15) is 5.78 Å². The van der Waals surface area contributed by atoms with Crippen molar-refractivity contribution in [2.75, 3.05) is 13.1 Å². The fourth-order valence-corrected chi connectivity index (χ4v) is 6.95. The van der Waals surface area contributed by atoms with Crippen molar-refractivity contribution < 1.29 is 18.5 Å². The van der Waals surface area contributed by atoms with E-state index in [4.69, 9.17) is 9.31 Å². The zero-order valence-electron chi connectivity index (χ0n) is 25.9. The molecular formula is C32H52BFN2O3. The number of halogens is 1. The van der Waals surface area contributed by atoms with Gasteiger partial charge in [-0.15, -0.1) is 0 Å². The minimum Gasteiger partial charge on any atom is -0.403 e. The van der Waals surface area contributed by atoms with E-state index in [0.29, 0.717) is 18.1 Å². The van der Waals surface area contributed by atoms with Gasteiger partial charge in [-0.2, -0.15) is 4.39 Å². The highest BCUT2D eigenvalue weighted by Crippen LogP contribution is 2.45. The monoisotopic (exact) mass is 542 g/mol. The molecule has 1 aliphatic carbocycles. The number of fused-ring (bicyclic) bond motifs is 1. The van der Waals surface area contributed by atoms with Crippen LogP contribution in [0.5, 0.6) is 0 Å². The van der Waals surface area contributed by atoms with E-state index < -0.39 is 0 Å². The normalized spacial score (nSPS) is 25.4. The van der Waals surface area contributed by atoms with E-state index >= 15 is 0 Å². The quantitative estimate of drug-likeness (QED) is 0.183. The molecule has 3 heterocycles. The highest BCUT2D eigenvalue weighted by atomic mass is 19.1. The first-order valence-corrected chi connectivity index (χ1v) is 15.4. The summed E-state index contributed by atoms with van der Waals surface area (Å²) in [6.45, 7) is 19.0. The first-order valence-electron chi connectivity index (χ1n) is 15.4. The minimum atomic E-state index is -0.378. The maximum absolute atomic E-state index is 14.0. The highest BCUT2D eigenvalue weighted by Gasteiger charge is 2.50. The van der Waals surface area contributed by atoms with Crippen LogP contribution in [-0.4, -0.2) is 47.1 Å². The van der Waals surface area contributed by atoms with Crippen molar-refractivity contribution in [3.05, 3.63) is 29.3 Å². The molecule has 0 radical (unpaired) electrons. The second kappa shape index (κ2) is 11.5. The summed E-state index contributed by atoms with van der Waals surface area (Å²) in [6.07, 6.45) is 9.52. The SMILES string of the molecule is CC(C)(C)CC(=O)C(C)(CCCCB1OC(C)(C)C(C)(C)O1)C1CCN(C2CCCc3ccc(F)nc32)CC1. The summed E-state index contributed by atoms with van der Waals surface area (Å²) in [4.78, 5) is 20.7. The number of rotatable bonds is 9. The van der Waals surface area contributed by atoms with Gasteiger partial charge in [-0.05, 0) is 109 Å². The van der Waals surface area contributed by atoms with Gasteiger partial charge < -0.3 is 9.31 Å². The third-order valence-electron chi connectivity index (χ3n) is 10.1. The molecule has 0 amide bonds. The molecule has 39 heavy (non-hydrogen) atoms. The lowest BCUT2D eigenvalue weighted by Crippen LogP contribution is -2.46. The first kappa shape index (κ1) is 30.6. The van der Waals surface area contributed by atoms with Gasteiger partial charge in [0, 0.05) is 11.8 Å². The number of likely N-dealkylation sites (tertiary alicyclic amines) is 1. The lowest BCUT2D eigenvalue weighted by atomic mass is 9.64. The largest absolute Gasteiger partial charge is 0.457 e. The number of hydrogen-bond donors (Lipinski definition) is 0. The molecule has 2 fully saturated rings. The molecule has 2 saturated heterocycles. The van der Waals surface area contributed by atoms with Crippen LogP contribution in [0.2, 0.25) is 6.32 Å². The molecule has 0 N–H and O–H groups in total. The summed E-state index contributed by atoms with van der Waals surface area (Å²) in [6, 6.07) is 3.61. The Labute approximate surface area is 237 Å². The predicted octanol–water partition coefficient (Wildman–Crippen LogP) is 7.58. The van der Waals surface area contributed by atoms with E-state index in [1.807, 2.05) is 6.07 Å². The lowest BCUT2D eigenvalue weighted by molar-refractivity contribution is -0.135. The Morgan fingerprint density at radius 1 is 1.05 bits per heavy atom. The summed E-state index contributed by atoms with van der Waals surface area (Å²) in [7, 11) is -0.174. The fraction of sp³-hybridized carbons (Fsp3) is 0.812. The van der Waals surface area contributed by atoms with Crippen LogP contribution in [0.15, 0.2) is 12.1 Å². The van der Waals surface area contributed by atoms with E-state index in [-0.39, 0.29) is 41.1 Å². The Kier molecular flexibility index (Phi) is 9.06. The van der Waals surface area contributed by atoms with Gasteiger partial charge in [0.2, 0.25) is 5.95 Å². The van der Waals surface area contributed by atoms with Crippen molar-refractivity contribution in [2.45, 2.75) is 137 Å². The second-order valence-corrected chi connectivity index (χ2v) is 14.9. The van der Waals surface area contributed by atoms with Gasteiger partial charge in [0.25, 0.3) is 0 Å². The van der Waals surface area contributed by atoms with E-state index in [9.17, 15) is 9.18 Å². The number of aromatic nitrogens is 1. The van der Waals surface area contributed by atoms with Crippen LogP contribution < -0.4 is 0 Å². The van der Waals surface area contributed by atoms with Gasteiger partial charge in [-0.3, -0.25) is 9.69 Å². The van der Waals surface area contributed by atoms with Crippen molar-refractivity contribution in [3.8, 4) is 0 Å². The third-order valence-corrected chi connectivity index (χ3v) is 10.1. The summed E-state index contributed by atoms with van der Waals surface area (Å²) in [5.41, 5.74) is 1.18. The molecular weight excluding hydrogens is 490 g/mol. The van der Waals surface area contributed by atoms with Crippen molar-refractivity contribution in [2.24, 2.45) is 16.7 Å². The molecule has 4 rings (SSSR count). The first-order chi connectivity index (χ1) is 18.1. The maximum atomic E-state index is 14.0. The molecule has 0 spiro atoms. The van der Waals surface area contributed by atoms with E-state index in [1.54, 1.807) is 0 Å². The molecule has 3 aliphatic rings. The average Bonchev–Trinajstić information content (AvgIpc) is 3.06. The molecule has 2 atom stereocenters. The molecule has 7 heteroatoms. The summed E-state index contributed by atoms with van der Waals surface area (Å²) < 4.78 is 26.4. The lowest BCUT2D eigenvalue weighted by Gasteiger charge is -2.45. The molecule has 218 valence electrons. The molecule has 1 aromatic rings. The van der Waals surface area contributed by atoms with Crippen LogP contribution in [0.4, 0.5) is 4.39 Å². The van der Waals surface area contributed by atoms with Crippen molar-refractivity contribution in [1.29, 1.82) is 0 Å². The van der Waals surface area contributed by atoms with Crippen LogP contribution in [-0.2, 0) is 20.5 Å². The Morgan fingerprint density at radius 2 is 1.69 bits per heavy atom. The smallest absolute Gasteiger partial charge is 0.403 e. The topological polar surface area (TPSA) is 51.7 Å². The number of unbranched alkanes of at least 4 members (excludes halogenated alkanes) is 1. The van der Waals surface area contributed by atoms with Crippen molar-refractivity contribution in [1.82, 2.24) is 9.88 Å². The number of aryl methyl sites for hydroxylation is 1. The van der Waals surface area contributed by atoms with Crippen molar-refractivity contribution in [3.63, 3.8) is 0 Å². The van der Waals surface area contributed by atoms with Crippen LogP contribution in [0, 0.1) is 22.7 Å². The number of nitrogens with zero attached hydrogens (tertiary/aromatic N) is 2. The van der Waals surface area contributed by atoms with Crippen LogP contribution in [0.3, 0.4) is 0 Å². The van der Waals surface area contributed by atoms with Gasteiger partial charge in [-0.1, -0.05) is 46.6 Å².